The molecule has 3 saturated heterocycles. The van der Waals surface area contributed by atoms with Crippen LogP contribution in [0.4, 0.5) is 0 Å². The van der Waals surface area contributed by atoms with Gasteiger partial charge in [0.15, 0.2) is 0 Å². The van der Waals surface area contributed by atoms with Gasteiger partial charge in [0, 0.05) is 6.42 Å². The Hall–Kier alpha value is -0.240. The normalized spacial score (nSPS) is 37.3. The molecule has 0 aliphatic carbocycles. The van der Waals surface area contributed by atoms with Crippen molar-refractivity contribution in [3.05, 3.63) is 0 Å². The molecule has 14 heavy (non-hydrogen) atoms. The minimum Gasteiger partial charge on any atom is -0.303 e. The largest absolute Gasteiger partial charge is 0.413 e. The van der Waals surface area contributed by atoms with Crippen LogP contribution in [-0.4, -0.2) is 38.4 Å². The molecule has 0 radical (unpaired) electrons. The van der Waals surface area contributed by atoms with Crippen molar-refractivity contribution in [3.63, 3.8) is 0 Å². The minimum absolute atomic E-state index is 0.165. The Morgan fingerprint density at radius 3 is 2.36 bits per heavy atom. The van der Waals surface area contributed by atoms with E-state index in [2.05, 4.69) is 0 Å². The van der Waals surface area contributed by atoms with Crippen molar-refractivity contribution >= 4 is 0 Å². The van der Waals surface area contributed by atoms with Crippen LogP contribution in [0.3, 0.4) is 0 Å². The highest BCUT2D eigenvalue weighted by Crippen LogP contribution is 2.33. The van der Waals surface area contributed by atoms with Crippen LogP contribution in [0.5, 0.6) is 0 Å². The van der Waals surface area contributed by atoms with Crippen molar-refractivity contribution in [1.82, 2.24) is 0 Å². The highest BCUT2D eigenvalue weighted by molar-refractivity contribution is 4.71. The smallest absolute Gasteiger partial charge is 0.303 e. The zero-order valence-electron chi connectivity index (χ0n) is 7.64. The molecule has 1 unspecified atom stereocenters. The van der Waals surface area contributed by atoms with Gasteiger partial charge < -0.3 is 14.2 Å². The topological polar surface area (TPSA) is 62.0 Å². The lowest BCUT2D eigenvalue weighted by molar-refractivity contribution is -0.535. The minimum atomic E-state index is -1.31. The van der Waals surface area contributed by atoms with Crippen LogP contribution < -0.4 is 0 Å². The summed E-state index contributed by atoms with van der Waals surface area (Å²) in [5.41, 5.74) is 0. The molecule has 0 aromatic heterocycles. The van der Waals surface area contributed by atoms with Crippen LogP contribution >= 0.6 is 0 Å². The molecule has 80 valence electrons. The summed E-state index contributed by atoms with van der Waals surface area (Å²) in [7, 11) is 0. The highest BCUT2D eigenvalue weighted by Gasteiger charge is 2.50. The van der Waals surface area contributed by atoms with E-state index in [1.165, 1.54) is 0 Å². The summed E-state index contributed by atoms with van der Waals surface area (Å²) in [6.07, 6.45) is -0.183. The van der Waals surface area contributed by atoms with E-state index in [9.17, 15) is 0 Å². The van der Waals surface area contributed by atoms with Crippen LogP contribution in [0.15, 0.2) is 0 Å². The molecule has 3 aliphatic heterocycles. The third-order valence-electron chi connectivity index (χ3n) is 2.33. The van der Waals surface area contributed by atoms with Gasteiger partial charge in [0.05, 0.1) is 19.8 Å². The quantitative estimate of drug-likeness (QED) is 0.447. The zero-order chi connectivity index (χ0) is 9.43. The van der Waals surface area contributed by atoms with E-state index in [0.717, 1.165) is 12.8 Å². The van der Waals surface area contributed by atoms with Gasteiger partial charge in [-0.3, -0.25) is 4.74 Å². The molecule has 0 amide bonds. The van der Waals surface area contributed by atoms with Gasteiger partial charge >= 0.3 is 6.16 Å². The molecule has 3 heterocycles. The molecule has 1 atom stereocenters. The maximum Gasteiger partial charge on any atom is 0.413 e. The number of hydrogen-bond acceptors (Lipinski definition) is 6. The fourth-order valence-electron chi connectivity index (χ4n) is 1.57. The van der Waals surface area contributed by atoms with Crippen molar-refractivity contribution < 1.29 is 28.7 Å². The molecule has 6 heteroatoms. The lowest BCUT2D eigenvalue weighted by atomic mass is 10.2. The summed E-state index contributed by atoms with van der Waals surface area (Å²) in [6, 6.07) is 0. The van der Waals surface area contributed by atoms with E-state index in [4.69, 9.17) is 28.7 Å². The second-order valence-corrected chi connectivity index (χ2v) is 3.40. The highest BCUT2D eigenvalue weighted by atomic mass is 17.4. The second kappa shape index (κ2) is 3.41. The Kier molecular flexibility index (Phi) is 2.19. The summed E-state index contributed by atoms with van der Waals surface area (Å²) in [5, 5.41) is 0. The molecular formula is C8H12O6. The van der Waals surface area contributed by atoms with Crippen LogP contribution in [0, 0.1) is 0 Å². The van der Waals surface area contributed by atoms with Crippen molar-refractivity contribution in [2.45, 2.75) is 31.4 Å². The third-order valence-corrected chi connectivity index (χ3v) is 2.33. The summed E-state index contributed by atoms with van der Waals surface area (Å²) in [5.74, 6) is 0. The Morgan fingerprint density at radius 1 is 0.929 bits per heavy atom. The number of hydrogen-bond donors (Lipinski definition) is 0. The standard InChI is InChI=1S/C8H12O6/c1-3-9-8(10-4-1)11-5-2-6(12-8)7-13-14-7/h6-7H,1-5H2. The van der Waals surface area contributed by atoms with Crippen molar-refractivity contribution in [1.29, 1.82) is 0 Å². The van der Waals surface area contributed by atoms with E-state index in [-0.39, 0.29) is 12.4 Å². The lowest BCUT2D eigenvalue weighted by Crippen LogP contribution is -2.52. The van der Waals surface area contributed by atoms with Gasteiger partial charge in [-0.15, -0.1) is 0 Å². The van der Waals surface area contributed by atoms with E-state index in [1.807, 2.05) is 0 Å². The molecule has 0 aromatic rings. The Labute approximate surface area is 80.9 Å². The van der Waals surface area contributed by atoms with Crippen molar-refractivity contribution in [2.24, 2.45) is 0 Å². The van der Waals surface area contributed by atoms with Gasteiger partial charge in [-0.05, 0) is 6.42 Å². The van der Waals surface area contributed by atoms with Gasteiger partial charge in [-0.1, -0.05) is 0 Å². The maximum atomic E-state index is 5.52. The Bertz CT molecular complexity index is 204. The lowest BCUT2D eigenvalue weighted by Gasteiger charge is -2.40. The zero-order valence-corrected chi connectivity index (χ0v) is 7.64. The first kappa shape index (κ1) is 9.02. The second-order valence-electron chi connectivity index (χ2n) is 3.40. The van der Waals surface area contributed by atoms with Crippen LogP contribution in [-0.2, 0) is 28.7 Å². The Balaban J connectivity index is 1.66. The number of ether oxygens (including phenoxy) is 4. The summed E-state index contributed by atoms with van der Waals surface area (Å²) in [4.78, 5) is 9.38. The summed E-state index contributed by atoms with van der Waals surface area (Å²) < 4.78 is 21.5. The van der Waals surface area contributed by atoms with Crippen molar-refractivity contribution in [3.8, 4) is 0 Å². The van der Waals surface area contributed by atoms with E-state index in [1.54, 1.807) is 0 Å². The van der Waals surface area contributed by atoms with Crippen LogP contribution in [0.25, 0.3) is 0 Å². The monoisotopic (exact) mass is 204 g/mol. The number of rotatable bonds is 1. The average molecular weight is 204 g/mol. The SMILES string of the molecule is C1COC2(OC1)OCCC(C1OO1)O2. The molecule has 3 fully saturated rings. The first-order valence-electron chi connectivity index (χ1n) is 4.80. The van der Waals surface area contributed by atoms with Gasteiger partial charge in [0.25, 0.3) is 6.29 Å². The van der Waals surface area contributed by atoms with Crippen LogP contribution in [0.2, 0.25) is 0 Å². The predicted octanol–water partition coefficient (Wildman–Crippen LogP) is 0.128. The fraction of sp³-hybridized carbons (Fsp3) is 1.00. The van der Waals surface area contributed by atoms with Gasteiger partial charge in [-0.2, -0.15) is 9.78 Å². The first-order valence-corrected chi connectivity index (χ1v) is 4.80. The van der Waals surface area contributed by atoms with E-state index >= 15 is 0 Å². The van der Waals surface area contributed by atoms with Gasteiger partial charge in [-0.25, -0.2) is 0 Å². The predicted molar refractivity (Wildman–Crippen MR) is 40.7 cm³/mol. The molecule has 0 saturated carbocycles. The van der Waals surface area contributed by atoms with Gasteiger partial charge in [0.1, 0.15) is 6.10 Å². The van der Waals surface area contributed by atoms with Gasteiger partial charge in [0.2, 0.25) is 0 Å². The summed E-state index contributed by atoms with van der Waals surface area (Å²) >= 11 is 0. The summed E-state index contributed by atoms with van der Waals surface area (Å²) in [6.45, 7) is 1.69. The van der Waals surface area contributed by atoms with Crippen molar-refractivity contribution in [2.75, 3.05) is 19.8 Å². The molecule has 3 aliphatic rings. The maximum absolute atomic E-state index is 5.52. The molecule has 3 rings (SSSR count). The molecule has 1 spiro atoms. The molecule has 6 nitrogen and oxygen atoms in total. The molecule has 0 aromatic carbocycles. The fourth-order valence-corrected chi connectivity index (χ4v) is 1.57. The Morgan fingerprint density at radius 2 is 1.64 bits per heavy atom. The van der Waals surface area contributed by atoms with Crippen LogP contribution in [0.1, 0.15) is 12.8 Å². The molecule has 0 bridgehead atoms. The first-order chi connectivity index (χ1) is 6.88. The molecule has 0 N–H and O–H groups in total. The van der Waals surface area contributed by atoms with E-state index < -0.39 is 6.16 Å². The van der Waals surface area contributed by atoms with E-state index in [0.29, 0.717) is 19.8 Å². The molecular weight excluding hydrogens is 192 g/mol. The average Bonchev–Trinajstić information content (AvgIpc) is 3.02. The third kappa shape index (κ3) is 1.65.